The van der Waals surface area contributed by atoms with Crippen molar-refractivity contribution in [3.05, 3.63) is 60.2 Å². The third-order valence-electron chi connectivity index (χ3n) is 4.18. The second kappa shape index (κ2) is 8.18. The minimum absolute atomic E-state index is 0.00194. The fourth-order valence-corrected chi connectivity index (χ4v) is 4.26. The molecule has 0 saturated carbocycles. The zero-order valence-corrected chi connectivity index (χ0v) is 15.4. The minimum Gasteiger partial charge on any atom is -0.491 e. The minimum atomic E-state index is -3.71. The number of sulfonamides is 1. The molecule has 2 aromatic rings. The summed E-state index contributed by atoms with van der Waals surface area (Å²) in [6.07, 6.45) is -1.34. The molecule has 0 unspecified atom stereocenters. The van der Waals surface area contributed by atoms with Crippen LogP contribution in [0.1, 0.15) is 5.56 Å². The van der Waals surface area contributed by atoms with Crippen LogP contribution in [0.2, 0.25) is 0 Å². The first kappa shape index (κ1) is 18.8. The zero-order chi connectivity index (χ0) is 18.6. The number of hydrogen-bond acceptors (Lipinski definition) is 5. The summed E-state index contributed by atoms with van der Waals surface area (Å²) in [7, 11) is -3.71. The average Bonchev–Trinajstić information content (AvgIpc) is 2.83. The SMILES string of the molecule is Cc1ccc(S(=O)(=O)N2C[C@H](O)CO[C@@H](COc3ccccc3)C2)cc1. The van der Waals surface area contributed by atoms with Crippen LogP contribution in [0, 0.1) is 6.92 Å². The predicted molar refractivity (Wildman–Crippen MR) is 97.6 cm³/mol. The van der Waals surface area contributed by atoms with E-state index in [2.05, 4.69) is 0 Å². The van der Waals surface area contributed by atoms with Crippen LogP contribution in [0.3, 0.4) is 0 Å². The normalized spacial score (nSPS) is 21.9. The number of ether oxygens (including phenoxy) is 2. The van der Waals surface area contributed by atoms with E-state index >= 15 is 0 Å². The highest BCUT2D eigenvalue weighted by molar-refractivity contribution is 7.89. The molecule has 1 aliphatic rings. The second-order valence-corrected chi connectivity index (χ2v) is 8.31. The van der Waals surface area contributed by atoms with Gasteiger partial charge in [-0.15, -0.1) is 0 Å². The number of aliphatic hydroxyl groups is 1. The van der Waals surface area contributed by atoms with Crippen LogP contribution in [0.5, 0.6) is 5.75 Å². The maximum absolute atomic E-state index is 12.9. The van der Waals surface area contributed by atoms with Crippen molar-refractivity contribution in [1.29, 1.82) is 0 Å². The van der Waals surface area contributed by atoms with Crippen molar-refractivity contribution in [2.45, 2.75) is 24.0 Å². The van der Waals surface area contributed by atoms with Gasteiger partial charge in [-0.3, -0.25) is 0 Å². The highest BCUT2D eigenvalue weighted by atomic mass is 32.2. The van der Waals surface area contributed by atoms with Crippen LogP contribution in [-0.2, 0) is 14.8 Å². The number of nitrogens with zero attached hydrogens (tertiary/aromatic N) is 1. The van der Waals surface area contributed by atoms with Crippen LogP contribution in [0.15, 0.2) is 59.5 Å². The van der Waals surface area contributed by atoms with Gasteiger partial charge >= 0.3 is 0 Å². The van der Waals surface area contributed by atoms with Crippen molar-refractivity contribution in [3.63, 3.8) is 0 Å². The van der Waals surface area contributed by atoms with Crippen molar-refractivity contribution >= 4 is 10.0 Å². The molecule has 2 aromatic carbocycles. The van der Waals surface area contributed by atoms with Crippen molar-refractivity contribution in [2.24, 2.45) is 0 Å². The van der Waals surface area contributed by atoms with Gasteiger partial charge in [-0.1, -0.05) is 35.9 Å². The number of aryl methyl sites for hydroxylation is 1. The maximum Gasteiger partial charge on any atom is 0.243 e. The Morgan fingerprint density at radius 3 is 2.50 bits per heavy atom. The van der Waals surface area contributed by atoms with Gasteiger partial charge < -0.3 is 14.6 Å². The standard InChI is InChI=1S/C19H23NO5S/c1-15-7-9-19(10-8-15)26(22,23)20-11-16(21)13-24-18(12-20)14-25-17-5-3-2-4-6-17/h2-10,16,18,21H,11-14H2,1H3/t16-,18+/m0/s1. The van der Waals surface area contributed by atoms with Gasteiger partial charge in [-0.25, -0.2) is 8.42 Å². The van der Waals surface area contributed by atoms with Crippen molar-refractivity contribution < 1.29 is 23.0 Å². The van der Waals surface area contributed by atoms with Crippen molar-refractivity contribution in [2.75, 3.05) is 26.3 Å². The first-order valence-electron chi connectivity index (χ1n) is 8.49. The quantitative estimate of drug-likeness (QED) is 0.860. The monoisotopic (exact) mass is 377 g/mol. The summed E-state index contributed by atoms with van der Waals surface area (Å²) >= 11 is 0. The molecule has 7 heteroatoms. The van der Waals surface area contributed by atoms with Crippen LogP contribution in [-0.4, -0.2) is 56.3 Å². The number of para-hydroxylation sites is 1. The fourth-order valence-electron chi connectivity index (χ4n) is 2.75. The van der Waals surface area contributed by atoms with Crippen molar-refractivity contribution in [1.82, 2.24) is 4.31 Å². The first-order chi connectivity index (χ1) is 12.4. The molecular formula is C19H23NO5S. The third kappa shape index (κ3) is 4.62. The van der Waals surface area contributed by atoms with E-state index < -0.39 is 22.2 Å². The number of benzene rings is 2. The molecule has 0 bridgehead atoms. The lowest BCUT2D eigenvalue weighted by molar-refractivity contribution is -0.00647. The molecule has 6 nitrogen and oxygen atoms in total. The second-order valence-electron chi connectivity index (χ2n) is 6.37. The Morgan fingerprint density at radius 1 is 1.12 bits per heavy atom. The topological polar surface area (TPSA) is 76.1 Å². The summed E-state index contributed by atoms with van der Waals surface area (Å²) in [5.41, 5.74) is 0.984. The van der Waals surface area contributed by atoms with E-state index in [1.807, 2.05) is 37.3 Å². The lowest BCUT2D eigenvalue weighted by Gasteiger charge is -2.24. The Kier molecular flexibility index (Phi) is 5.93. The van der Waals surface area contributed by atoms with E-state index in [0.29, 0.717) is 5.75 Å². The summed E-state index contributed by atoms with van der Waals surface area (Å²) in [6.45, 7) is 2.30. The predicted octanol–water partition coefficient (Wildman–Crippen LogP) is 1.82. The molecule has 1 heterocycles. The Balaban J connectivity index is 1.74. The van der Waals surface area contributed by atoms with Crippen LogP contribution in [0.25, 0.3) is 0 Å². The number of hydrogen-bond donors (Lipinski definition) is 1. The molecule has 26 heavy (non-hydrogen) atoms. The fraction of sp³-hybridized carbons (Fsp3) is 0.368. The lowest BCUT2D eigenvalue weighted by atomic mass is 10.2. The number of rotatable bonds is 5. The van der Waals surface area contributed by atoms with Crippen LogP contribution >= 0.6 is 0 Å². The molecule has 1 saturated heterocycles. The van der Waals surface area contributed by atoms with Gasteiger partial charge in [0, 0.05) is 13.1 Å². The van der Waals surface area contributed by atoms with Gasteiger partial charge in [-0.2, -0.15) is 4.31 Å². The molecule has 0 aromatic heterocycles. The maximum atomic E-state index is 12.9. The number of β-amino-alcohol motifs (C(OH)–C–C–N with tert-alkyl or cyclic N) is 1. The molecule has 0 amide bonds. The molecule has 2 atom stereocenters. The van der Waals surface area contributed by atoms with Gasteiger partial charge in [0.1, 0.15) is 18.5 Å². The third-order valence-corrected chi connectivity index (χ3v) is 6.03. The van der Waals surface area contributed by atoms with E-state index in [0.717, 1.165) is 5.56 Å². The zero-order valence-electron chi connectivity index (χ0n) is 14.6. The van der Waals surface area contributed by atoms with E-state index in [1.54, 1.807) is 24.3 Å². The van der Waals surface area contributed by atoms with Gasteiger partial charge in [0.2, 0.25) is 10.0 Å². The summed E-state index contributed by atoms with van der Waals surface area (Å²) in [5, 5.41) is 10.0. The summed E-state index contributed by atoms with van der Waals surface area (Å²) in [4.78, 5) is 0.208. The van der Waals surface area contributed by atoms with E-state index in [-0.39, 0.29) is 31.2 Å². The largest absolute Gasteiger partial charge is 0.491 e. The van der Waals surface area contributed by atoms with Crippen molar-refractivity contribution in [3.8, 4) is 5.75 Å². The van der Waals surface area contributed by atoms with Crippen LogP contribution in [0.4, 0.5) is 0 Å². The van der Waals surface area contributed by atoms with Gasteiger partial charge in [0.15, 0.2) is 0 Å². The van der Waals surface area contributed by atoms with E-state index in [1.165, 1.54) is 4.31 Å². The highest BCUT2D eigenvalue weighted by Gasteiger charge is 2.32. The summed E-state index contributed by atoms with van der Waals surface area (Å²) < 4.78 is 38.5. The molecule has 1 aliphatic heterocycles. The molecule has 0 aliphatic carbocycles. The highest BCUT2D eigenvalue weighted by Crippen LogP contribution is 2.20. The molecule has 0 spiro atoms. The lowest BCUT2D eigenvalue weighted by Crippen LogP contribution is -2.40. The Hall–Kier alpha value is -1.93. The van der Waals surface area contributed by atoms with E-state index in [9.17, 15) is 13.5 Å². The number of aliphatic hydroxyl groups excluding tert-OH is 1. The Bertz CT molecular complexity index is 808. The first-order valence-corrected chi connectivity index (χ1v) is 9.93. The molecule has 0 radical (unpaired) electrons. The van der Waals surface area contributed by atoms with Crippen LogP contribution < -0.4 is 4.74 Å². The van der Waals surface area contributed by atoms with Gasteiger partial charge in [0.25, 0.3) is 0 Å². The average molecular weight is 377 g/mol. The smallest absolute Gasteiger partial charge is 0.243 e. The molecular weight excluding hydrogens is 354 g/mol. The Labute approximate surface area is 154 Å². The van der Waals surface area contributed by atoms with Gasteiger partial charge in [-0.05, 0) is 31.2 Å². The van der Waals surface area contributed by atoms with E-state index in [4.69, 9.17) is 9.47 Å². The Morgan fingerprint density at radius 2 is 1.81 bits per heavy atom. The summed E-state index contributed by atoms with van der Waals surface area (Å²) in [5.74, 6) is 0.689. The van der Waals surface area contributed by atoms with Gasteiger partial charge in [0.05, 0.1) is 17.6 Å². The molecule has 3 rings (SSSR count). The molecule has 1 N–H and O–H groups in total. The summed E-state index contributed by atoms with van der Waals surface area (Å²) in [6, 6.07) is 15.9. The molecule has 140 valence electrons. The molecule has 1 fully saturated rings.